The molecule has 0 amide bonds. The van der Waals surface area contributed by atoms with Crippen molar-refractivity contribution in [2.45, 2.75) is 45.3 Å². The number of benzene rings is 1. The lowest BCUT2D eigenvalue weighted by Crippen LogP contribution is -2.35. The van der Waals surface area contributed by atoms with E-state index < -0.39 is 0 Å². The number of rotatable bonds is 4. The Bertz CT molecular complexity index is 364. The van der Waals surface area contributed by atoms with Gasteiger partial charge in [0.25, 0.3) is 0 Å². The minimum atomic E-state index is 0.349. The molecule has 0 saturated carbocycles. The van der Waals surface area contributed by atoms with Gasteiger partial charge in [-0.2, -0.15) is 0 Å². The summed E-state index contributed by atoms with van der Waals surface area (Å²) in [5.74, 6) is 1.69. The lowest BCUT2D eigenvalue weighted by molar-refractivity contribution is 0.0969. The Morgan fingerprint density at radius 2 is 2.18 bits per heavy atom. The average Bonchev–Trinajstić information content (AvgIpc) is 2.37. The second-order valence-electron chi connectivity index (χ2n) is 5.04. The van der Waals surface area contributed by atoms with Crippen LogP contribution in [0.4, 0.5) is 0 Å². The minimum absolute atomic E-state index is 0.349. The fourth-order valence-electron chi connectivity index (χ4n) is 2.71. The van der Waals surface area contributed by atoms with Gasteiger partial charge in [-0.15, -0.1) is 0 Å². The predicted octanol–water partition coefficient (Wildman–Crippen LogP) is 3.53. The van der Waals surface area contributed by atoms with Gasteiger partial charge < -0.3 is 10.1 Å². The summed E-state index contributed by atoms with van der Waals surface area (Å²) in [5, 5.41) is 3.41. The molecule has 0 fully saturated rings. The van der Waals surface area contributed by atoms with E-state index in [0.717, 1.165) is 12.2 Å². The van der Waals surface area contributed by atoms with Crippen molar-refractivity contribution in [2.24, 2.45) is 5.92 Å². The van der Waals surface area contributed by atoms with E-state index in [1.165, 1.54) is 18.4 Å². The van der Waals surface area contributed by atoms with Crippen molar-refractivity contribution in [3.8, 4) is 5.75 Å². The fourth-order valence-corrected chi connectivity index (χ4v) is 2.71. The maximum Gasteiger partial charge on any atom is 0.124 e. The van der Waals surface area contributed by atoms with Crippen LogP contribution in [-0.4, -0.2) is 13.2 Å². The molecule has 2 heteroatoms. The number of hydrogen-bond acceptors (Lipinski definition) is 2. The highest BCUT2D eigenvalue weighted by atomic mass is 16.5. The number of fused-ring (bicyclic) bond motifs is 1. The zero-order valence-electron chi connectivity index (χ0n) is 11.1. The lowest BCUT2D eigenvalue weighted by atomic mass is 9.88. The molecule has 17 heavy (non-hydrogen) atoms. The Hall–Kier alpha value is -1.02. The van der Waals surface area contributed by atoms with Crippen molar-refractivity contribution in [2.75, 3.05) is 7.05 Å². The molecule has 3 atom stereocenters. The van der Waals surface area contributed by atoms with Gasteiger partial charge in [0, 0.05) is 18.0 Å². The first-order chi connectivity index (χ1) is 8.26. The van der Waals surface area contributed by atoms with E-state index in [1.54, 1.807) is 0 Å². The average molecular weight is 233 g/mol. The first-order valence-electron chi connectivity index (χ1n) is 6.69. The van der Waals surface area contributed by atoms with E-state index in [2.05, 4.69) is 43.4 Å². The molecule has 0 saturated heterocycles. The van der Waals surface area contributed by atoms with Crippen molar-refractivity contribution in [1.82, 2.24) is 5.32 Å². The van der Waals surface area contributed by atoms with Gasteiger partial charge in [0.1, 0.15) is 11.9 Å². The number of ether oxygens (including phenoxy) is 1. The highest BCUT2D eigenvalue weighted by Gasteiger charge is 2.29. The molecule has 0 aliphatic carbocycles. The Morgan fingerprint density at radius 3 is 2.88 bits per heavy atom. The standard InChI is InChI=1S/C15H23NO/c1-4-7-11(2)15-10-13(16-3)12-8-5-6-9-14(12)17-15/h5-6,8-9,11,13,15-16H,4,7,10H2,1-3H3. The maximum atomic E-state index is 6.14. The largest absolute Gasteiger partial charge is 0.490 e. The zero-order valence-corrected chi connectivity index (χ0v) is 11.1. The summed E-state index contributed by atoms with van der Waals surface area (Å²) in [6, 6.07) is 8.83. The highest BCUT2D eigenvalue weighted by Crippen LogP contribution is 2.37. The van der Waals surface area contributed by atoms with Crippen molar-refractivity contribution in [1.29, 1.82) is 0 Å². The van der Waals surface area contributed by atoms with Gasteiger partial charge >= 0.3 is 0 Å². The molecule has 3 unspecified atom stereocenters. The van der Waals surface area contributed by atoms with Crippen molar-refractivity contribution in [3.63, 3.8) is 0 Å². The molecule has 0 spiro atoms. The maximum absolute atomic E-state index is 6.14. The Balaban J connectivity index is 2.18. The van der Waals surface area contributed by atoms with Gasteiger partial charge in [-0.25, -0.2) is 0 Å². The van der Waals surface area contributed by atoms with Crippen LogP contribution in [-0.2, 0) is 0 Å². The van der Waals surface area contributed by atoms with Crippen LogP contribution in [0.25, 0.3) is 0 Å². The van der Waals surface area contributed by atoms with Gasteiger partial charge in [0.2, 0.25) is 0 Å². The molecule has 1 heterocycles. The van der Waals surface area contributed by atoms with Crippen LogP contribution in [0, 0.1) is 5.92 Å². The third-order valence-corrected chi connectivity index (χ3v) is 3.77. The molecule has 1 N–H and O–H groups in total. The van der Waals surface area contributed by atoms with E-state index in [9.17, 15) is 0 Å². The summed E-state index contributed by atoms with van der Waals surface area (Å²) in [7, 11) is 2.04. The number of hydrogen-bond donors (Lipinski definition) is 1. The van der Waals surface area contributed by atoms with Gasteiger partial charge in [-0.1, -0.05) is 38.5 Å². The first-order valence-corrected chi connectivity index (χ1v) is 6.69. The zero-order chi connectivity index (χ0) is 12.3. The Kier molecular flexibility index (Phi) is 4.06. The molecule has 1 aliphatic rings. The molecule has 0 bridgehead atoms. The van der Waals surface area contributed by atoms with E-state index in [1.807, 2.05) is 7.05 Å². The van der Waals surface area contributed by atoms with Crippen molar-refractivity contribution < 1.29 is 4.74 Å². The monoisotopic (exact) mass is 233 g/mol. The molecule has 2 nitrogen and oxygen atoms in total. The van der Waals surface area contributed by atoms with Gasteiger partial charge in [-0.3, -0.25) is 0 Å². The summed E-state index contributed by atoms with van der Waals surface area (Å²) in [6.07, 6.45) is 3.90. The normalized spacial score (nSPS) is 24.9. The topological polar surface area (TPSA) is 21.3 Å². The molecular formula is C15H23NO. The molecule has 0 aromatic heterocycles. The Labute approximate surface area is 104 Å². The molecule has 1 aromatic rings. The van der Waals surface area contributed by atoms with Crippen LogP contribution < -0.4 is 10.1 Å². The molecule has 94 valence electrons. The smallest absolute Gasteiger partial charge is 0.124 e. The number of nitrogens with one attached hydrogen (secondary N) is 1. The third kappa shape index (κ3) is 2.63. The van der Waals surface area contributed by atoms with Gasteiger partial charge in [-0.05, 0) is 25.5 Å². The second-order valence-corrected chi connectivity index (χ2v) is 5.04. The van der Waals surface area contributed by atoms with Gasteiger partial charge in [0.15, 0.2) is 0 Å². The van der Waals surface area contributed by atoms with Crippen LogP contribution in [0.1, 0.15) is 44.7 Å². The predicted molar refractivity (Wildman–Crippen MR) is 71.3 cm³/mol. The number of para-hydroxylation sites is 1. The molecular weight excluding hydrogens is 210 g/mol. The fraction of sp³-hybridized carbons (Fsp3) is 0.600. The molecule has 1 aliphatic heterocycles. The van der Waals surface area contributed by atoms with Crippen LogP contribution in [0.15, 0.2) is 24.3 Å². The molecule has 0 radical (unpaired) electrons. The second kappa shape index (κ2) is 5.54. The van der Waals surface area contributed by atoms with Gasteiger partial charge in [0.05, 0.1) is 0 Å². The summed E-state index contributed by atoms with van der Waals surface area (Å²) >= 11 is 0. The SMILES string of the molecule is CCCC(C)C1CC(NC)c2ccccc2O1. The molecule has 1 aromatic carbocycles. The van der Waals surface area contributed by atoms with Crippen LogP contribution in [0.5, 0.6) is 5.75 Å². The van der Waals surface area contributed by atoms with E-state index in [0.29, 0.717) is 18.1 Å². The first kappa shape index (κ1) is 12.4. The molecule has 2 rings (SSSR count). The Morgan fingerprint density at radius 1 is 1.41 bits per heavy atom. The summed E-state index contributed by atoms with van der Waals surface area (Å²) < 4.78 is 6.14. The van der Waals surface area contributed by atoms with Crippen LogP contribution in [0.3, 0.4) is 0 Å². The van der Waals surface area contributed by atoms with Crippen molar-refractivity contribution in [3.05, 3.63) is 29.8 Å². The van der Waals surface area contributed by atoms with Crippen LogP contribution >= 0.6 is 0 Å². The summed E-state index contributed by atoms with van der Waals surface area (Å²) in [6.45, 7) is 4.54. The quantitative estimate of drug-likeness (QED) is 0.859. The highest BCUT2D eigenvalue weighted by molar-refractivity contribution is 5.37. The lowest BCUT2D eigenvalue weighted by Gasteiger charge is -2.35. The van der Waals surface area contributed by atoms with E-state index in [-0.39, 0.29) is 0 Å². The summed E-state index contributed by atoms with van der Waals surface area (Å²) in [4.78, 5) is 0. The third-order valence-electron chi connectivity index (χ3n) is 3.77. The summed E-state index contributed by atoms with van der Waals surface area (Å²) in [5.41, 5.74) is 1.30. The van der Waals surface area contributed by atoms with Crippen molar-refractivity contribution >= 4 is 0 Å². The van der Waals surface area contributed by atoms with Crippen LogP contribution in [0.2, 0.25) is 0 Å². The minimum Gasteiger partial charge on any atom is -0.490 e. The van der Waals surface area contributed by atoms with E-state index >= 15 is 0 Å². The van der Waals surface area contributed by atoms with E-state index in [4.69, 9.17) is 4.74 Å².